The van der Waals surface area contributed by atoms with E-state index in [4.69, 9.17) is 5.73 Å². The van der Waals surface area contributed by atoms with E-state index in [-0.39, 0.29) is 0 Å². The summed E-state index contributed by atoms with van der Waals surface area (Å²) in [5.74, 6) is 0.686. The van der Waals surface area contributed by atoms with E-state index in [1.165, 1.54) is 32.2 Å². The molecule has 3 N–H and O–H groups in total. The fraction of sp³-hybridized carbons (Fsp3) is 1.00. The zero-order valence-corrected chi connectivity index (χ0v) is 10.9. The van der Waals surface area contributed by atoms with Crippen LogP contribution in [0.25, 0.3) is 0 Å². The molecule has 0 radical (unpaired) electrons. The fourth-order valence-electron chi connectivity index (χ4n) is 3.69. The van der Waals surface area contributed by atoms with E-state index in [9.17, 15) is 0 Å². The van der Waals surface area contributed by atoms with Crippen LogP contribution in [0, 0.1) is 5.92 Å². The van der Waals surface area contributed by atoms with Gasteiger partial charge < -0.3 is 11.1 Å². The maximum Gasteiger partial charge on any atom is 0.0510 e. The van der Waals surface area contributed by atoms with Crippen molar-refractivity contribution < 1.29 is 0 Å². The van der Waals surface area contributed by atoms with Crippen molar-refractivity contribution in [3.63, 3.8) is 0 Å². The van der Waals surface area contributed by atoms with Crippen LogP contribution in [0.2, 0.25) is 0 Å². The highest BCUT2D eigenvalue weighted by atomic mass is 15.4. The van der Waals surface area contributed by atoms with Crippen molar-refractivity contribution in [1.29, 1.82) is 0 Å². The van der Waals surface area contributed by atoms with Crippen LogP contribution in [0.3, 0.4) is 0 Å². The molecule has 0 spiro atoms. The second-order valence-corrected chi connectivity index (χ2v) is 6.14. The molecule has 0 amide bonds. The number of hydrogen-bond acceptors (Lipinski definition) is 4. The highest BCUT2D eigenvalue weighted by molar-refractivity contribution is 4.96. The Morgan fingerprint density at radius 2 is 2.06 bits per heavy atom. The van der Waals surface area contributed by atoms with Gasteiger partial charge in [0.25, 0.3) is 0 Å². The minimum atomic E-state index is 0.345. The number of nitrogens with two attached hydrogens (primary N) is 1. The minimum absolute atomic E-state index is 0.345. The summed E-state index contributed by atoms with van der Waals surface area (Å²) in [7, 11) is 2.28. The number of nitrogens with one attached hydrogen (secondary N) is 1. The molecule has 3 unspecified atom stereocenters. The van der Waals surface area contributed by atoms with Gasteiger partial charge in [0.05, 0.1) is 6.67 Å². The monoisotopic (exact) mass is 238 g/mol. The first-order valence-electron chi connectivity index (χ1n) is 7.16. The molecule has 0 aromatic carbocycles. The van der Waals surface area contributed by atoms with Gasteiger partial charge in [-0.25, -0.2) is 0 Å². The standard InChI is InChI=1S/C13H26N4/c1-16-9-17(10-3-2-4-10)8-13(16)11-5-6-15-7-12(11)14/h10-13,15H,2-9,14H2,1H3. The van der Waals surface area contributed by atoms with Gasteiger partial charge in [-0.2, -0.15) is 0 Å². The highest BCUT2D eigenvalue weighted by Crippen LogP contribution is 2.31. The van der Waals surface area contributed by atoms with E-state index in [0.29, 0.717) is 18.0 Å². The smallest absolute Gasteiger partial charge is 0.0510 e. The minimum Gasteiger partial charge on any atom is -0.326 e. The van der Waals surface area contributed by atoms with Gasteiger partial charge in [-0.3, -0.25) is 9.80 Å². The molecule has 0 bridgehead atoms. The van der Waals surface area contributed by atoms with Crippen LogP contribution in [0.1, 0.15) is 25.7 Å². The molecule has 98 valence electrons. The van der Waals surface area contributed by atoms with Gasteiger partial charge in [0.15, 0.2) is 0 Å². The third-order valence-electron chi connectivity index (χ3n) is 5.06. The molecule has 2 heterocycles. The Balaban J connectivity index is 1.62. The molecule has 3 fully saturated rings. The van der Waals surface area contributed by atoms with Crippen LogP contribution in [-0.4, -0.2) is 61.3 Å². The average molecular weight is 238 g/mol. The lowest BCUT2D eigenvalue weighted by Gasteiger charge is -2.37. The second kappa shape index (κ2) is 4.84. The Bertz CT molecular complexity index is 266. The van der Waals surface area contributed by atoms with E-state index in [2.05, 4.69) is 22.2 Å². The van der Waals surface area contributed by atoms with Crippen molar-refractivity contribution in [2.75, 3.05) is 33.4 Å². The first-order valence-corrected chi connectivity index (χ1v) is 7.16. The molecule has 0 aromatic heterocycles. The van der Waals surface area contributed by atoms with E-state index in [0.717, 1.165) is 25.8 Å². The molecule has 4 nitrogen and oxygen atoms in total. The van der Waals surface area contributed by atoms with Gasteiger partial charge in [-0.05, 0) is 38.8 Å². The maximum atomic E-state index is 6.28. The van der Waals surface area contributed by atoms with E-state index >= 15 is 0 Å². The van der Waals surface area contributed by atoms with Crippen LogP contribution >= 0.6 is 0 Å². The largest absolute Gasteiger partial charge is 0.326 e. The molecular formula is C13H26N4. The van der Waals surface area contributed by atoms with Crippen molar-refractivity contribution in [2.24, 2.45) is 11.7 Å². The molecule has 1 aliphatic carbocycles. The Morgan fingerprint density at radius 3 is 2.71 bits per heavy atom. The SMILES string of the molecule is CN1CN(C2CCC2)CC1C1CCNCC1N. The molecule has 3 rings (SSSR count). The van der Waals surface area contributed by atoms with Crippen LogP contribution in [-0.2, 0) is 0 Å². The molecule has 1 saturated carbocycles. The van der Waals surface area contributed by atoms with Crippen LogP contribution in [0.5, 0.6) is 0 Å². The van der Waals surface area contributed by atoms with E-state index in [1.54, 1.807) is 0 Å². The van der Waals surface area contributed by atoms with Gasteiger partial charge in [0, 0.05) is 31.2 Å². The van der Waals surface area contributed by atoms with Crippen molar-refractivity contribution in [2.45, 2.75) is 43.8 Å². The average Bonchev–Trinajstić information content (AvgIpc) is 2.58. The Hall–Kier alpha value is -0.160. The number of hydrogen-bond donors (Lipinski definition) is 2. The molecule has 17 heavy (non-hydrogen) atoms. The van der Waals surface area contributed by atoms with Crippen LogP contribution in [0.4, 0.5) is 0 Å². The number of rotatable bonds is 2. The van der Waals surface area contributed by atoms with Crippen molar-refractivity contribution in [3.05, 3.63) is 0 Å². The molecular weight excluding hydrogens is 212 g/mol. The summed E-state index contributed by atoms with van der Waals surface area (Å²) in [5.41, 5.74) is 6.28. The van der Waals surface area contributed by atoms with Gasteiger partial charge in [-0.15, -0.1) is 0 Å². The zero-order valence-electron chi connectivity index (χ0n) is 10.9. The lowest BCUT2D eigenvalue weighted by molar-refractivity contribution is 0.137. The first-order chi connectivity index (χ1) is 8.25. The Kier molecular flexibility index (Phi) is 3.39. The number of likely N-dealkylation sites (N-methyl/N-ethyl adjacent to an activating group) is 1. The summed E-state index contributed by atoms with van der Waals surface area (Å²) in [5, 5.41) is 3.40. The van der Waals surface area contributed by atoms with Crippen LogP contribution < -0.4 is 11.1 Å². The predicted octanol–water partition coefficient (Wildman–Crippen LogP) is 0.0492. The van der Waals surface area contributed by atoms with E-state index < -0.39 is 0 Å². The fourth-order valence-corrected chi connectivity index (χ4v) is 3.69. The third-order valence-corrected chi connectivity index (χ3v) is 5.06. The molecule has 3 aliphatic rings. The first kappa shape index (κ1) is 11.9. The quantitative estimate of drug-likeness (QED) is 0.713. The molecule has 2 aliphatic heterocycles. The number of piperidine rings is 1. The topological polar surface area (TPSA) is 44.5 Å². The molecule has 4 heteroatoms. The number of nitrogens with zero attached hydrogens (tertiary/aromatic N) is 2. The van der Waals surface area contributed by atoms with Gasteiger partial charge in [0.1, 0.15) is 0 Å². The van der Waals surface area contributed by atoms with Crippen molar-refractivity contribution in [1.82, 2.24) is 15.1 Å². The summed E-state index contributed by atoms with van der Waals surface area (Å²) >= 11 is 0. The van der Waals surface area contributed by atoms with Gasteiger partial charge >= 0.3 is 0 Å². The highest BCUT2D eigenvalue weighted by Gasteiger charge is 2.40. The van der Waals surface area contributed by atoms with Crippen molar-refractivity contribution >= 4 is 0 Å². The maximum absolute atomic E-state index is 6.28. The lowest BCUT2D eigenvalue weighted by Crippen LogP contribution is -2.53. The van der Waals surface area contributed by atoms with Gasteiger partial charge in [-0.1, -0.05) is 6.42 Å². The third kappa shape index (κ3) is 2.24. The second-order valence-electron chi connectivity index (χ2n) is 6.14. The summed E-state index contributed by atoms with van der Waals surface area (Å²) in [6, 6.07) is 1.91. The van der Waals surface area contributed by atoms with Crippen LogP contribution in [0.15, 0.2) is 0 Å². The Morgan fingerprint density at radius 1 is 1.24 bits per heavy atom. The zero-order chi connectivity index (χ0) is 11.8. The summed E-state index contributed by atoms with van der Waals surface area (Å²) in [6.07, 6.45) is 5.51. The van der Waals surface area contributed by atoms with Crippen molar-refractivity contribution in [3.8, 4) is 0 Å². The summed E-state index contributed by atoms with van der Waals surface area (Å²) in [6.45, 7) is 4.55. The summed E-state index contributed by atoms with van der Waals surface area (Å²) in [4.78, 5) is 5.22. The predicted molar refractivity (Wildman–Crippen MR) is 69.7 cm³/mol. The normalized spacial score (nSPS) is 41.6. The molecule has 3 atom stereocenters. The lowest BCUT2D eigenvalue weighted by atomic mass is 9.85. The van der Waals surface area contributed by atoms with E-state index in [1.807, 2.05) is 0 Å². The summed E-state index contributed by atoms with van der Waals surface area (Å²) < 4.78 is 0. The molecule has 0 aromatic rings. The Labute approximate surface area is 105 Å². The van der Waals surface area contributed by atoms with Gasteiger partial charge in [0.2, 0.25) is 0 Å². The molecule has 2 saturated heterocycles.